The average molecular weight is 302 g/mol. The average Bonchev–Trinajstić information content (AvgIpc) is 2.55. The van der Waals surface area contributed by atoms with Crippen LogP contribution in [0.4, 0.5) is 5.69 Å². The SMILES string of the molecule is CCCNC(=O)C1CCC(C(=O)Nc2ccc(C)cc2)CC1. The number of amides is 2. The van der Waals surface area contributed by atoms with Crippen molar-refractivity contribution >= 4 is 17.5 Å². The van der Waals surface area contributed by atoms with Crippen LogP contribution in [0.3, 0.4) is 0 Å². The fraction of sp³-hybridized carbons (Fsp3) is 0.556. The van der Waals surface area contributed by atoms with Crippen LogP contribution in [-0.4, -0.2) is 18.4 Å². The first-order valence-corrected chi connectivity index (χ1v) is 8.25. The third-order valence-electron chi connectivity index (χ3n) is 4.34. The van der Waals surface area contributed by atoms with Gasteiger partial charge in [0.1, 0.15) is 0 Å². The van der Waals surface area contributed by atoms with Crippen LogP contribution in [0.15, 0.2) is 24.3 Å². The highest BCUT2D eigenvalue weighted by molar-refractivity contribution is 5.92. The molecule has 0 unspecified atom stereocenters. The molecule has 2 amide bonds. The van der Waals surface area contributed by atoms with Crippen LogP contribution in [0.5, 0.6) is 0 Å². The second kappa shape index (κ2) is 7.97. The molecular weight excluding hydrogens is 276 g/mol. The monoisotopic (exact) mass is 302 g/mol. The summed E-state index contributed by atoms with van der Waals surface area (Å²) in [6.07, 6.45) is 4.16. The molecule has 0 radical (unpaired) electrons. The number of hydrogen-bond donors (Lipinski definition) is 2. The first kappa shape index (κ1) is 16.5. The maximum atomic E-state index is 12.3. The molecule has 4 nitrogen and oxygen atoms in total. The Bertz CT molecular complexity index is 502. The van der Waals surface area contributed by atoms with Crippen molar-refractivity contribution in [3.8, 4) is 0 Å². The lowest BCUT2D eigenvalue weighted by atomic mass is 9.81. The number of benzene rings is 1. The maximum Gasteiger partial charge on any atom is 0.227 e. The number of nitrogens with one attached hydrogen (secondary N) is 2. The standard InChI is InChI=1S/C18H26N2O2/c1-3-12-19-17(21)14-6-8-15(9-7-14)18(22)20-16-10-4-13(2)5-11-16/h4-5,10-11,14-15H,3,6-9,12H2,1-2H3,(H,19,21)(H,20,22). The molecule has 22 heavy (non-hydrogen) atoms. The highest BCUT2D eigenvalue weighted by Gasteiger charge is 2.29. The molecule has 0 aliphatic heterocycles. The molecule has 1 aliphatic carbocycles. The largest absolute Gasteiger partial charge is 0.356 e. The third kappa shape index (κ3) is 4.58. The molecule has 1 saturated carbocycles. The van der Waals surface area contributed by atoms with Crippen molar-refractivity contribution in [2.75, 3.05) is 11.9 Å². The highest BCUT2D eigenvalue weighted by atomic mass is 16.2. The molecule has 120 valence electrons. The van der Waals surface area contributed by atoms with Gasteiger partial charge in [0.25, 0.3) is 0 Å². The van der Waals surface area contributed by atoms with Crippen molar-refractivity contribution in [2.24, 2.45) is 11.8 Å². The van der Waals surface area contributed by atoms with Crippen molar-refractivity contribution in [1.29, 1.82) is 0 Å². The quantitative estimate of drug-likeness (QED) is 0.877. The summed E-state index contributed by atoms with van der Waals surface area (Å²) in [6.45, 7) is 4.82. The molecule has 0 spiro atoms. The Kier molecular flexibility index (Phi) is 5.99. The molecule has 1 aromatic rings. The molecule has 4 heteroatoms. The number of rotatable bonds is 5. The van der Waals surface area contributed by atoms with Gasteiger partial charge in [0.05, 0.1) is 0 Å². The first-order valence-electron chi connectivity index (χ1n) is 8.25. The van der Waals surface area contributed by atoms with Crippen molar-refractivity contribution in [2.45, 2.75) is 46.0 Å². The summed E-state index contributed by atoms with van der Waals surface area (Å²) >= 11 is 0. The predicted molar refractivity (Wildman–Crippen MR) is 88.6 cm³/mol. The number of carbonyl (C=O) groups is 2. The summed E-state index contributed by atoms with van der Waals surface area (Å²) in [5, 5.41) is 5.93. The van der Waals surface area contributed by atoms with Crippen LogP contribution >= 0.6 is 0 Å². The van der Waals surface area contributed by atoms with Crippen LogP contribution < -0.4 is 10.6 Å². The molecule has 2 N–H and O–H groups in total. The lowest BCUT2D eigenvalue weighted by molar-refractivity contribution is -0.128. The van der Waals surface area contributed by atoms with Gasteiger partial charge in [0, 0.05) is 24.1 Å². The van der Waals surface area contributed by atoms with Gasteiger partial charge >= 0.3 is 0 Å². The van der Waals surface area contributed by atoms with Gasteiger partial charge in [-0.3, -0.25) is 9.59 Å². The van der Waals surface area contributed by atoms with E-state index in [0.29, 0.717) is 0 Å². The Hall–Kier alpha value is -1.84. The fourth-order valence-electron chi connectivity index (χ4n) is 2.89. The van der Waals surface area contributed by atoms with E-state index in [2.05, 4.69) is 10.6 Å². The van der Waals surface area contributed by atoms with Crippen molar-refractivity contribution in [3.63, 3.8) is 0 Å². The van der Waals surface area contributed by atoms with Crippen LogP contribution in [0.1, 0.15) is 44.6 Å². The molecule has 1 aromatic carbocycles. The second-order valence-electron chi connectivity index (χ2n) is 6.19. The normalized spacial score (nSPS) is 21.2. The van der Waals surface area contributed by atoms with E-state index in [4.69, 9.17) is 0 Å². The minimum atomic E-state index is 0.0246. The first-order chi connectivity index (χ1) is 10.6. The molecule has 0 bridgehead atoms. The summed E-state index contributed by atoms with van der Waals surface area (Å²) in [5.41, 5.74) is 2.02. The van der Waals surface area contributed by atoms with Crippen molar-refractivity contribution in [1.82, 2.24) is 5.32 Å². The molecular formula is C18H26N2O2. The number of anilines is 1. The zero-order chi connectivity index (χ0) is 15.9. The van der Waals surface area contributed by atoms with E-state index >= 15 is 0 Å². The minimum Gasteiger partial charge on any atom is -0.356 e. The van der Waals surface area contributed by atoms with Crippen molar-refractivity contribution < 1.29 is 9.59 Å². The zero-order valence-electron chi connectivity index (χ0n) is 13.5. The lowest BCUT2D eigenvalue weighted by Gasteiger charge is -2.27. The summed E-state index contributed by atoms with van der Waals surface area (Å²) in [4.78, 5) is 24.2. The number of carbonyl (C=O) groups excluding carboxylic acids is 2. The predicted octanol–water partition coefficient (Wildman–Crippen LogP) is 3.27. The Morgan fingerprint density at radius 2 is 1.55 bits per heavy atom. The third-order valence-corrected chi connectivity index (χ3v) is 4.34. The smallest absolute Gasteiger partial charge is 0.227 e. The number of aryl methyl sites for hydroxylation is 1. The van der Waals surface area contributed by atoms with Crippen LogP contribution in [-0.2, 0) is 9.59 Å². The second-order valence-corrected chi connectivity index (χ2v) is 6.19. The Morgan fingerprint density at radius 3 is 2.09 bits per heavy atom. The van der Waals surface area contributed by atoms with Gasteiger partial charge in [-0.15, -0.1) is 0 Å². The number of hydrogen-bond acceptors (Lipinski definition) is 2. The van der Waals surface area contributed by atoms with E-state index in [1.54, 1.807) is 0 Å². The van der Waals surface area contributed by atoms with Crippen LogP contribution in [0.25, 0.3) is 0 Å². The lowest BCUT2D eigenvalue weighted by Crippen LogP contribution is -2.35. The van der Waals surface area contributed by atoms with E-state index in [0.717, 1.165) is 44.3 Å². The minimum absolute atomic E-state index is 0.0246. The van der Waals surface area contributed by atoms with E-state index < -0.39 is 0 Å². The molecule has 1 fully saturated rings. The Morgan fingerprint density at radius 1 is 1.00 bits per heavy atom. The van der Waals surface area contributed by atoms with E-state index in [1.807, 2.05) is 38.1 Å². The maximum absolute atomic E-state index is 12.3. The van der Waals surface area contributed by atoms with Gasteiger partial charge in [-0.05, 0) is 51.2 Å². The summed E-state index contributed by atoms with van der Waals surface area (Å²) < 4.78 is 0. The topological polar surface area (TPSA) is 58.2 Å². The van der Waals surface area contributed by atoms with Gasteiger partial charge in [-0.1, -0.05) is 24.6 Å². The molecule has 2 rings (SSSR count). The van der Waals surface area contributed by atoms with E-state index in [1.165, 1.54) is 5.56 Å². The van der Waals surface area contributed by atoms with Crippen LogP contribution in [0, 0.1) is 18.8 Å². The molecule has 0 aromatic heterocycles. The molecule has 1 aliphatic rings. The van der Waals surface area contributed by atoms with Crippen LogP contribution in [0.2, 0.25) is 0 Å². The highest BCUT2D eigenvalue weighted by Crippen LogP contribution is 2.29. The van der Waals surface area contributed by atoms with E-state index in [9.17, 15) is 9.59 Å². The zero-order valence-corrected chi connectivity index (χ0v) is 13.5. The summed E-state index contributed by atoms with van der Waals surface area (Å²) in [6, 6.07) is 7.84. The van der Waals surface area contributed by atoms with Gasteiger partial charge in [-0.2, -0.15) is 0 Å². The fourth-order valence-corrected chi connectivity index (χ4v) is 2.89. The van der Waals surface area contributed by atoms with Gasteiger partial charge in [-0.25, -0.2) is 0 Å². The van der Waals surface area contributed by atoms with Gasteiger partial charge in [0.2, 0.25) is 11.8 Å². The van der Waals surface area contributed by atoms with Gasteiger partial charge in [0.15, 0.2) is 0 Å². The van der Waals surface area contributed by atoms with E-state index in [-0.39, 0.29) is 23.7 Å². The molecule has 0 atom stereocenters. The summed E-state index contributed by atoms with van der Waals surface area (Å²) in [7, 11) is 0. The Labute approximate surface area is 132 Å². The van der Waals surface area contributed by atoms with Gasteiger partial charge < -0.3 is 10.6 Å². The van der Waals surface area contributed by atoms with Crippen molar-refractivity contribution in [3.05, 3.63) is 29.8 Å². The molecule has 0 saturated heterocycles. The summed E-state index contributed by atoms with van der Waals surface area (Å²) in [5.74, 6) is 0.335. The molecule has 0 heterocycles. The Balaban J connectivity index is 1.79.